The van der Waals surface area contributed by atoms with Crippen LogP contribution >= 0.6 is 0 Å². The number of hydrogen-bond acceptors (Lipinski definition) is 6. The van der Waals surface area contributed by atoms with Crippen LogP contribution < -0.4 is 4.74 Å². The molecule has 2 aromatic carbocycles. The molecule has 9 heteroatoms. The molecule has 0 unspecified atom stereocenters. The molecule has 136 valence electrons. The van der Waals surface area contributed by atoms with Crippen LogP contribution in [0.4, 0.5) is 14.5 Å². The lowest BCUT2D eigenvalue weighted by Crippen LogP contribution is -2.17. The fourth-order valence-corrected chi connectivity index (χ4v) is 2.15. The number of ketones is 1. The number of carbonyl (C=O) groups is 2. The van der Waals surface area contributed by atoms with Crippen molar-refractivity contribution < 1.29 is 32.8 Å². The molecule has 2 rings (SSSR count). The van der Waals surface area contributed by atoms with E-state index in [1.807, 2.05) is 0 Å². The van der Waals surface area contributed by atoms with Crippen molar-refractivity contribution in [1.82, 2.24) is 0 Å². The van der Waals surface area contributed by atoms with Gasteiger partial charge in [-0.05, 0) is 25.1 Å². The summed E-state index contributed by atoms with van der Waals surface area (Å²) in [4.78, 5) is 34.4. The molecular weight excluding hydrogens is 352 g/mol. The van der Waals surface area contributed by atoms with Gasteiger partial charge >= 0.3 is 12.6 Å². The van der Waals surface area contributed by atoms with E-state index in [2.05, 4.69) is 4.74 Å². The number of hydrogen-bond donors (Lipinski definition) is 0. The number of halogens is 2. The zero-order valence-corrected chi connectivity index (χ0v) is 13.5. The summed E-state index contributed by atoms with van der Waals surface area (Å²) in [7, 11) is 0. The number of nitro groups is 1. The molecule has 0 radical (unpaired) electrons. The third-order valence-corrected chi connectivity index (χ3v) is 3.31. The first kappa shape index (κ1) is 19.0. The first-order valence-electron chi connectivity index (χ1n) is 7.29. The number of Topliss-reactive ketones (excluding diaryl/α,β-unsaturated/α-hetero) is 1. The van der Waals surface area contributed by atoms with E-state index < -0.39 is 35.6 Å². The molecule has 0 spiro atoms. The summed E-state index contributed by atoms with van der Waals surface area (Å²) in [5.74, 6) is -2.21. The van der Waals surface area contributed by atoms with Crippen LogP contribution in [0.3, 0.4) is 0 Å². The summed E-state index contributed by atoms with van der Waals surface area (Å²) in [6.07, 6.45) is 0. The number of nitro benzene ring substituents is 1. The maximum atomic E-state index is 12.4. The Kier molecular flexibility index (Phi) is 5.94. The molecule has 0 aromatic heterocycles. The van der Waals surface area contributed by atoms with E-state index in [0.29, 0.717) is 5.56 Å². The number of aryl methyl sites for hydroxylation is 1. The van der Waals surface area contributed by atoms with Crippen LogP contribution in [0.25, 0.3) is 0 Å². The van der Waals surface area contributed by atoms with Crippen LogP contribution in [0.2, 0.25) is 0 Å². The fourth-order valence-electron chi connectivity index (χ4n) is 2.15. The van der Waals surface area contributed by atoms with Gasteiger partial charge in [0, 0.05) is 6.07 Å². The highest BCUT2D eigenvalue weighted by Crippen LogP contribution is 2.23. The maximum absolute atomic E-state index is 12.4. The first-order valence-corrected chi connectivity index (χ1v) is 7.29. The van der Waals surface area contributed by atoms with E-state index in [1.54, 1.807) is 6.92 Å². The predicted molar refractivity (Wildman–Crippen MR) is 85.5 cm³/mol. The van der Waals surface area contributed by atoms with Gasteiger partial charge in [-0.2, -0.15) is 8.78 Å². The predicted octanol–water partition coefficient (Wildman–Crippen LogP) is 3.54. The Balaban J connectivity index is 2.15. The minimum Gasteiger partial charge on any atom is -0.454 e. The standard InChI is InChI=1S/C17H13F2NO6/c1-10-6-7-15(26-17(18)19)12(8-10)14(21)9-25-16(22)11-4-2-3-5-13(11)20(23)24/h2-8,17H,9H2,1H3. The van der Waals surface area contributed by atoms with Crippen LogP contribution in [0.15, 0.2) is 42.5 Å². The van der Waals surface area contributed by atoms with E-state index in [0.717, 1.165) is 6.07 Å². The first-order chi connectivity index (χ1) is 12.3. The summed E-state index contributed by atoms with van der Waals surface area (Å²) in [6, 6.07) is 9.09. The van der Waals surface area contributed by atoms with Crippen molar-refractivity contribution in [3.8, 4) is 5.75 Å². The van der Waals surface area contributed by atoms with Crippen molar-refractivity contribution in [2.75, 3.05) is 6.61 Å². The SMILES string of the molecule is Cc1ccc(OC(F)F)c(C(=O)COC(=O)c2ccccc2[N+](=O)[O-])c1. The number of esters is 1. The van der Waals surface area contributed by atoms with Gasteiger partial charge in [-0.15, -0.1) is 0 Å². The van der Waals surface area contributed by atoms with Gasteiger partial charge in [0.15, 0.2) is 6.61 Å². The smallest absolute Gasteiger partial charge is 0.387 e. The molecule has 2 aromatic rings. The van der Waals surface area contributed by atoms with Gasteiger partial charge < -0.3 is 9.47 Å². The molecule has 0 bridgehead atoms. The monoisotopic (exact) mass is 365 g/mol. The lowest BCUT2D eigenvalue weighted by Gasteiger charge is -2.11. The van der Waals surface area contributed by atoms with Crippen molar-refractivity contribution in [3.63, 3.8) is 0 Å². The summed E-state index contributed by atoms with van der Waals surface area (Å²) < 4.78 is 34.0. The Morgan fingerprint density at radius 2 is 1.85 bits per heavy atom. The van der Waals surface area contributed by atoms with Crippen LogP contribution in [-0.4, -0.2) is 29.9 Å². The molecule has 0 fully saturated rings. The van der Waals surface area contributed by atoms with Crippen LogP contribution in [-0.2, 0) is 4.74 Å². The van der Waals surface area contributed by atoms with Crippen LogP contribution in [0.5, 0.6) is 5.75 Å². The summed E-state index contributed by atoms with van der Waals surface area (Å²) in [6.45, 7) is -2.27. The number of ether oxygens (including phenoxy) is 2. The molecule has 0 aliphatic rings. The average Bonchev–Trinajstić information content (AvgIpc) is 2.60. The number of rotatable bonds is 7. The average molecular weight is 365 g/mol. The molecule has 0 saturated heterocycles. The topological polar surface area (TPSA) is 95.7 Å². The fraction of sp³-hybridized carbons (Fsp3) is 0.176. The Morgan fingerprint density at radius 3 is 2.50 bits per heavy atom. The van der Waals surface area contributed by atoms with Crippen molar-refractivity contribution in [2.45, 2.75) is 13.5 Å². The third kappa shape index (κ3) is 4.59. The number of nitrogens with zero attached hydrogens (tertiary/aromatic N) is 1. The van der Waals surface area contributed by atoms with Gasteiger partial charge in [0.2, 0.25) is 5.78 Å². The quantitative estimate of drug-likeness (QED) is 0.322. The van der Waals surface area contributed by atoms with E-state index in [1.165, 1.54) is 36.4 Å². The molecule has 0 aliphatic heterocycles. The van der Waals surface area contributed by atoms with E-state index in [-0.39, 0.29) is 16.9 Å². The Bertz CT molecular complexity index is 853. The summed E-state index contributed by atoms with van der Waals surface area (Å²) in [5.41, 5.74) is -0.360. The summed E-state index contributed by atoms with van der Waals surface area (Å²) in [5, 5.41) is 10.9. The van der Waals surface area contributed by atoms with Crippen molar-refractivity contribution in [3.05, 3.63) is 69.3 Å². The molecule has 7 nitrogen and oxygen atoms in total. The highest BCUT2D eigenvalue weighted by atomic mass is 19.3. The van der Waals surface area contributed by atoms with Crippen molar-refractivity contribution in [2.24, 2.45) is 0 Å². The second kappa shape index (κ2) is 8.15. The lowest BCUT2D eigenvalue weighted by molar-refractivity contribution is -0.385. The number of carbonyl (C=O) groups excluding carboxylic acids is 2. The number of alkyl halides is 2. The molecule has 0 aliphatic carbocycles. The van der Waals surface area contributed by atoms with Crippen LogP contribution in [0.1, 0.15) is 26.3 Å². The molecule has 0 atom stereocenters. The van der Waals surface area contributed by atoms with Gasteiger partial charge in [0.1, 0.15) is 11.3 Å². The second-order valence-electron chi connectivity index (χ2n) is 5.15. The molecule has 0 saturated carbocycles. The van der Waals surface area contributed by atoms with Gasteiger partial charge in [0.05, 0.1) is 10.5 Å². The number of para-hydroxylation sites is 1. The Labute approximate surface area is 146 Å². The molecule has 0 amide bonds. The minimum atomic E-state index is -3.13. The van der Waals surface area contributed by atoms with E-state index in [9.17, 15) is 28.5 Å². The minimum absolute atomic E-state index is 0.180. The number of benzene rings is 2. The second-order valence-corrected chi connectivity index (χ2v) is 5.15. The molecular formula is C17H13F2NO6. The summed E-state index contributed by atoms with van der Waals surface area (Å²) >= 11 is 0. The van der Waals surface area contributed by atoms with Gasteiger partial charge in [0.25, 0.3) is 5.69 Å². The third-order valence-electron chi connectivity index (χ3n) is 3.31. The van der Waals surface area contributed by atoms with E-state index in [4.69, 9.17) is 4.74 Å². The highest BCUT2D eigenvalue weighted by Gasteiger charge is 2.23. The molecule has 0 heterocycles. The zero-order valence-electron chi connectivity index (χ0n) is 13.5. The zero-order chi connectivity index (χ0) is 19.3. The van der Waals surface area contributed by atoms with Crippen LogP contribution in [0, 0.1) is 17.0 Å². The molecule has 26 heavy (non-hydrogen) atoms. The van der Waals surface area contributed by atoms with Crippen molar-refractivity contribution >= 4 is 17.4 Å². The van der Waals surface area contributed by atoms with Gasteiger partial charge in [-0.25, -0.2) is 4.79 Å². The molecule has 0 N–H and O–H groups in total. The normalized spacial score (nSPS) is 10.5. The van der Waals surface area contributed by atoms with E-state index >= 15 is 0 Å². The maximum Gasteiger partial charge on any atom is 0.387 e. The Morgan fingerprint density at radius 1 is 1.15 bits per heavy atom. The largest absolute Gasteiger partial charge is 0.454 e. The van der Waals surface area contributed by atoms with Crippen molar-refractivity contribution in [1.29, 1.82) is 0 Å². The van der Waals surface area contributed by atoms with Gasteiger partial charge in [-0.3, -0.25) is 14.9 Å². The highest BCUT2D eigenvalue weighted by molar-refractivity contribution is 6.02. The lowest BCUT2D eigenvalue weighted by atomic mass is 10.1. The van der Waals surface area contributed by atoms with Gasteiger partial charge in [-0.1, -0.05) is 23.8 Å². The Hall–Kier alpha value is -3.36.